The number of carbonyl (C=O) groups is 2. The average Bonchev–Trinajstić information content (AvgIpc) is 2.79. The lowest BCUT2D eigenvalue weighted by atomic mass is 9.94. The van der Waals surface area contributed by atoms with Crippen LogP contribution < -0.4 is 10.9 Å². The molecule has 2 heterocycles. The van der Waals surface area contributed by atoms with Crippen LogP contribution in [-0.4, -0.2) is 26.5 Å². The van der Waals surface area contributed by atoms with Crippen molar-refractivity contribution in [2.45, 2.75) is 59.5 Å². The van der Waals surface area contributed by atoms with E-state index in [-0.39, 0.29) is 24.3 Å². The minimum Gasteiger partial charge on any atom is -0.481 e. The van der Waals surface area contributed by atoms with Gasteiger partial charge in [-0.25, -0.2) is 4.39 Å². The molecular formula is C28H32FN3O4. The molecule has 3 rings (SSSR count). The first-order valence-electron chi connectivity index (χ1n) is 11.9. The van der Waals surface area contributed by atoms with Crippen LogP contribution in [-0.2, 0) is 9.59 Å². The lowest BCUT2D eigenvalue weighted by Gasteiger charge is -2.25. The van der Waals surface area contributed by atoms with Crippen LogP contribution >= 0.6 is 0 Å². The largest absolute Gasteiger partial charge is 0.481 e. The zero-order chi connectivity index (χ0) is 26.6. The van der Waals surface area contributed by atoms with E-state index in [1.807, 2.05) is 52.0 Å². The van der Waals surface area contributed by atoms with Gasteiger partial charge in [-0.3, -0.25) is 19.4 Å². The lowest BCUT2D eigenvalue weighted by Crippen LogP contribution is -2.40. The zero-order valence-electron chi connectivity index (χ0n) is 21.2. The standard InChI is InChI=1S/C28H32FN3O4/c1-16(2)9-24(32-15-22(29)19(5)10-25(32)33)28(36)31-23(12-26(34)35)20-11-21(14-30-13-20)27-17(3)7-6-8-18(27)4/h6-8,10-11,13-16,23-24H,9,12H2,1-5H3,(H,31,36)(H,34,35)/t23-,24-/m1/s1. The minimum absolute atomic E-state index is 0.0176. The third-order valence-electron chi connectivity index (χ3n) is 6.18. The molecule has 2 aromatic heterocycles. The van der Waals surface area contributed by atoms with Gasteiger partial charge in [0.1, 0.15) is 11.9 Å². The molecule has 0 fully saturated rings. The molecule has 0 saturated carbocycles. The molecule has 0 saturated heterocycles. The van der Waals surface area contributed by atoms with Gasteiger partial charge in [0.15, 0.2) is 0 Å². The zero-order valence-corrected chi connectivity index (χ0v) is 21.2. The fourth-order valence-corrected chi connectivity index (χ4v) is 4.40. The van der Waals surface area contributed by atoms with Gasteiger partial charge in [-0.05, 0) is 67.0 Å². The molecule has 0 aliphatic rings. The van der Waals surface area contributed by atoms with Crippen molar-refractivity contribution in [2.75, 3.05) is 0 Å². The number of rotatable bonds is 9. The Balaban J connectivity index is 2.00. The Morgan fingerprint density at radius 2 is 1.75 bits per heavy atom. The summed E-state index contributed by atoms with van der Waals surface area (Å²) in [7, 11) is 0. The summed E-state index contributed by atoms with van der Waals surface area (Å²) < 4.78 is 15.4. The molecule has 36 heavy (non-hydrogen) atoms. The number of aryl methyl sites for hydroxylation is 3. The van der Waals surface area contributed by atoms with Gasteiger partial charge in [0, 0.05) is 30.2 Å². The monoisotopic (exact) mass is 493 g/mol. The molecule has 0 radical (unpaired) electrons. The molecule has 8 heteroatoms. The average molecular weight is 494 g/mol. The maximum atomic E-state index is 14.3. The van der Waals surface area contributed by atoms with Gasteiger partial charge in [0.05, 0.1) is 12.5 Å². The minimum atomic E-state index is -1.10. The number of aliphatic carboxylic acids is 1. The van der Waals surface area contributed by atoms with Crippen molar-refractivity contribution in [2.24, 2.45) is 5.92 Å². The van der Waals surface area contributed by atoms with Crippen molar-refractivity contribution in [3.05, 3.63) is 87.3 Å². The summed E-state index contributed by atoms with van der Waals surface area (Å²) in [4.78, 5) is 42.1. The molecule has 7 nitrogen and oxygen atoms in total. The Hall–Kier alpha value is -3.81. The topological polar surface area (TPSA) is 101 Å². The van der Waals surface area contributed by atoms with E-state index in [0.717, 1.165) is 39.1 Å². The number of halogens is 1. The number of aromatic nitrogens is 2. The second kappa shape index (κ2) is 11.3. The number of carboxylic acids is 1. The summed E-state index contributed by atoms with van der Waals surface area (Å²) in [6.45, 7) is 9.24. The summed E-state index contributed by atoms with van der Waals surface area (Å²) in [5, 5.41) is 12.4. The second-order valence-corrected chi connectivity index (χ2v) is 9.63. The summed E-state index contributed by atoms with van der Waals surface area (Å²) in [5.41, 5.74) is 4.11. The summed E-state index contributed by atoms with van der Waals surface area (Å²) in [6, 6.07) is 7.02. The van der Waals surface area contributed by atoms with Crippen LogP contribution in [0.2, 0.25) is 0 Å². The van der Waals surface area contributed by atoms with Gasteiger partial charge >= 0.3 is 5.97 Å². The number of nitrogens with one attached hydrogen (secondary N) is 1. The number of nitrogens with zero attached hydrogens (tertiary/aromatic N) is 2. The van der Waals surface area contributed by atoms with E-state index in [1.165, 1.54) is 13.1 Å². The highest BCUT2D eigenvalue weighted by Gasteiger charge is 2.27. The summed E-state index contributed by atoms with van der Waals surface area (Å²) in [5.74, 6) is -2.23. The molecule has 0 aliphatic carbocycles. The lowest BCUT2D eigenvalue weighted by molar-refractivity contribution is -0.138. The van der Waals surface area contributed by atoms with Gasteiger partial charge in [0.2, 0.25) is 5.91 Å². The number of hydrogen-bond acceptors (Lipinski definition) is 4. The van der Waals surface area contributed by atoms with Crippen molar-refractivity contribution in [1.29, 1.82) is 0 Å². The fourth-order valence-electron chi connectivity index (χ4n) is 4.40. The van der Waals surface area contributed by atoms with Gasteiger partial charge in [0.25, 0.3) is 5.56 Å². The van der Waals surface area contributed by atoms with E-state index in [2.05, 4.69) is 10.3 Å². The molecule has 3 aromatic rings. The van der Waals surface area contributed by atoms with Crippen LogP contribution in [0.1, 0.15) is 61.0 Å². The second-order valence-electron chi connectivity index (χ2n) is 9.63. The quantitative estimate of drug-likeness (QED) is 0.442. The van der Waals surface area contributed by atoms with E-state index in [0.29, 0.717) is 5.56 Å². The maximum absolute atomic E-state index is 14.3. The number of carbonyl (C=O) groups excluding carboxylic acids is 1. The van der Waals surface area contributed by atoms with Crippen LogP contribution in [0, 0.1) is 32.5 Å². The molecule has 0 aliphatic heterocycles. The van der Waals surface area contributed by atoms with Crippen molar-refractivity contribution in [3.63, 3.8) is 0 Å². The Bertz CT molecular complexity index is 1310. The summed E-state index contributed by atoms with van der Waals surface area (Å²) in [6.07, 6.45) is 4.17. The number of hydrogen-bond donors (Lipinski definition) is 2. The summed E-state index contributed by atoms with van der Waals surface area (Å²) >= 11 is 0. The van der Waals surface area contributed by atoms with Crippen molar-refractivity contribution < 1.29 is 19.1 Å². The third-order valence-corrected chi connectivity index (χ3v) is 6.18. The van der Waals surface area contributed by atoms with Crippen molar-refractivity contribution in [3.8, 4) is 11.1 Å². The highest BCUT2D eigenvalue weighted by molar-refractivity contribution is 5.82. The van der Waals surface area contributed by atoms with E-state index >= 15 is 0 Å². The van der Waals surface area contributed by atoms with Gasteiger partial charge in [-0.1, -0.05) is 32.0 Å². The van der Waals surface area contributed by atoms with Crippen molar-refractivity contribution in [1.82, 2.24) is 14.9 Å². The molecular weight excluding hydrogens is 461 g/mol. The molecule has 2 atom stereocenters. The normalized spacial score (nSPS) is 12.9. The van der Waals surface area contributed by atoms with Crippen LogP contribution in [0.4, 0.5) is 4.39 Å². The number of carboxylic acid groups (broad SMARTS) is 1. The Labute approximate surface area is 210 Å². The molecule has 0 unspecified atom stereocenters. The van der Waals surface area contributed by atoms with Crippen LogP contribution in [0.3, 0.4) is 0 Å². The van der Waals surface area contributed by atoms with E-state index in [9.17, 15) is 23.9 Å². The van der Waals surface area contributed by atoms with Crippen molar-refractivity contribution >= 4 is 11.9 Å². The first-order valence-corrected chi connectivity index (χ1v) is 11.9. The highest BCUT2D eigenvalue weighted by atomic mass is 19.1. The van der Waals surface area contributed by atoms with Crippen LogP contribution in [0.15, 0.2) is 53.7 Å². The van der Waals surface area contributed by atoms with Crippen LogP contribution in [0.25, 0.3) is 11.1 Å². The molecule has 2 N–H and O–H groups in total. The number of pyridine rings is 2. The SMILES string of the molecule is Cc1cc(=O)n([C@H](CC(C)C)C(=O)N[C@H](CC(=O)O)c2cncc(-c3c(C)cccc3C)c2)cc1F. The molecule has 0 bridgehead atoms. The van der Waals surface area contributed by atoms with E-state index in [1.54, 1.807) is 6.20 Å². The molecule has 1 amide bonds. The smallest absolute Gasteiger partial charge is 0.305 e. The fraction of sp³-hybridized carbons (Fsp3) is 0.357. The Morgan fingerprint density at radius 3 is 2.36 bits per heavy atom. The van der Waals surface area contributed by atoms with Gasteiger partial charge in [-0.2, -0.15) is 0 Å². The number of benzene rings is 1. The third kappa shape index (κ3) is 6.24. The molecule has 1 aromatic carbocycles. The predicted octanol–water partition coefficient (Wildman–Crippen LogP) is 4.89. The Kier molecular flexibility index (Phi) is 8.40. The first-order chi connectivity index (χ1) is 17.0. The van der Waals surface area contributed by atoms with E-state index < -0.39 is 35.3 Å². The van der Waals surface area contributed by atoms with Crippen LogP contribution in [0.5, 0.6) is 0 Å². The molecule has 0 spiro atoms. The van der Waals surface area contributed by atoms with E-state index in [4.69, 9.17) is 0 Å². The Morgan fingerprint density at radius 1 is 1.08 bits per heavy atom. The van der Waals surface area contributed by atoms with Gasteiger partial charge in [-0.15, -0.1) is 0 Å². The van der Waals surface area contributed by atoms with Gasteiger partial charge < -0.3 is 15.0 Å². The predicted molar refractivity (Wildman–Crippen MR) is 136 cm³/mol. The first kappa shape index (κ1) is 26.8. The number of amides is 1. The molecule has 190 valence electrons. The maximum Gasteiger partial charge on any atom is 0.305 e. The highest BCUT2D eigenvalue weighted by Crippen LogP contribution is 2.29.